The summed E-state index contributed by atoms with van der Waals surface area (Å²) < 4.78 is 1.09. The van der Waals surface area contributed by atoms with Crippen LogP contribution < -0.4 is 5.32 Å². The van der Waals surface area contributed by atoms with Crippen molar-refractivity contribution < 1.29 is 4.79 Å². The van der Waals surface area contributed by atoms with E-state index in [0.717, 1.165) is 10.2 Å². The Morgan fingerprint density at radius 2 is 2.21 bits per heavy atom. The number of halogens is 1. The van der Waals surface area contributed by atoms with Gasteiger partial charge in [-0.05, 0) is 45.9 Å². The number of urea groups is 1. The molecule has 6 heteroatoms. The van der Waals surface area contributed by atoms with Crippen molar-refractivity contribution in [2.45, 2.75) is 13.0 Å². The third-order valence-corrected chi connectivity index (χ3v) is 5.14. The Labute approximate surface area is 129 Å². The third-order valence-electron chi connectivity index (χ3n) is 2.60. The van der Waals surface area contributed by atoms with E-state index in [1.165, 1.54) is 9.75 Å². The molecule has 0 radical (unpaired) electrons. The van der Waals surface area contributed by atoms with Crippen LogP contribution in [0.25, 0.3) is 0 Å². The lowest BCUT2D eigenvalue weighted by atomic mass is 10.3. The van der Waals surface area contributed by atoms with Crippen molar-refractivity contribution in [2.24, 2.45) is 0 Å². The zero-order valence-electron chi connectivity index (χ0n) is 10.6. The first-order chi connectivity index (χ1) is 9.15. The van der Waals surface area contributed by atoms with Crippen LogP contribution in [0.5, 0.6) is 0 Å². The molecule has 0 aliphatic rings. The first-order valence-electron chi connectivity index (χ1n) is 5.90. The lowest BCUT2D eigenvalue weighted by molar-refractivity contribution is 0.207. The van der Waals surface area contributed by atoms with Gasteiger partial charge in [-0.3, -0.25) is 0 Å². The first-order valence-corrected chi connectivity index (χ1v) is 8.39. The van der Waals surface area contributed by atoms with Crippen LogP contribution in [0.2, 0.25) is 0 Å². The molecule has 0 aromatic carbocycles. The van der Waals surface area contributed by atoms with Crippen molar-refractivity contribution in [1.29, 1.82) is 0 Å². The molecule has 0 atom stereocenters. The minimum Gasteiger partial charge on any atom is -0.338 e. The maximum Gasteiger partial charge on any atom is 0.317 e. The fourth-order valence-corrected chi connectivity index (χ4v) is 3.87. The highest BCUT2D eigenvalue weighted by molar-refractivity contribution is 9.11. The highest BCUT2D eigenvalue weighted by atomic mass is 79.9. The van der Waals surface area contributed by atoms with Crippen LogP contribution in [0.1, 0.15) is 9.75 Å². The van der Waals surface area contributed by atoms with E-state index >= 15 is 0 Å². The molecule has 2 rings (SSSR count). The molecule has 0 fully saturated rings. The highest BCUT2D eigenvalue weighted by Gasteiger charge is 2.09. The number of carbonyl (C=O) groups is 1. The van der Waals surface area contributed by atoms with Crippen molar-refractivity contribution in [2.75, 3.05) is 13.6 Å². The van der Waals surface area contributed by atoms with Crippen molar-refractivity contribution in [3.05, 3.63) is 43.2 Å². The molecule has 0 aliphatic carbocycles. The molecule has 0 saturated carbocycles. The van der Waals surface area contributed by atoms with Crippen LogP contribution in [-0.4, -0.2) is 24.5 Å². The topological polar surface area (TPSA) is 32.3 Å². The number of nitrogens with zero attached hydrogens (tertiary/aromatic N) is 1. The van der Waals surface area contributed by atoms with E-state index in [1.807, 2.05) is 25.2 Å². The molecule has 3 nitrogen and oxygen atoms in total. The number of hydrogen-bond acceptors (Lipinski definition) is 3. The van der Waals surface area contributed by atoms with Gasteiger partial charge in [0.1, 0.15) is 0 Å². The van der Waals surface area contributed by atoms with E-state index in [4.69, 9.17) is 0 Å². The monoisotopic (exact) mass is 358 g/mol. The molecular weight excluding hydrogens is 344 g/mol. The Kier molecular flexibility index (Phi) is 5.42. The fourth-order valence-electron chi connectivity index (χ4n) is 1.62. The molecule has 0 saturated heterocycles. The molecule has 2 heterocycles. The predicted molar refractivity (Wildman–Crippen MR) is 84.9 cm³/mol. The molecule has 2 aromatic rings. The van der Waals surface area contributed by atoms with Crippen LogP contribution in [0.4, 0.5) is 4.79 Å². The second-order valence-electron chi connectivity index (χ2n) is 4.12. The Morgan fingerprint density at radius 3 is 2.84 bits per heavy atom. The van der Waals surface area contributed by atoms with Crippen LogP contribution in [0.15, 0.2) is 33.4 Å². The summed E-state index contributed by atoms with van der Waals surface area (Å²) in [6.07, 6.45) is 0.891. The minimum absolute atomic E-state index is 0.0268. The summed E-state index contributed by atoms with van der Waals surface area (Å²) in [6.45, 7) is 1.32. The van der Waals surface area contributed by atoms with Crippen molar-refractivity contribution in [3.63, 3.8) is 0 Å². The van der Waals surface area contributed by atoms with Gasteiger partial charge in [0.05, 0.1) is 10.3 Å². The third kappa shape index (κ3) is 4.63. The molecule has 0 bridgehead atoms. The van der Waals surface area contributed by atoms with E-state index in [-0.39, 0.29) is 6.03 Å². The summed E-state index contributed by atoms with van der Waals surface area (Å²) in [5.41, 5.74) is 0. The van der Waals surface area contributed by atoms with Crippen molar-refractivity contribution in [1.82, 2.24) is 10.2 Å². The summed E-state index contributed by atoms with van der Waals surface area (Å²) >= 11 is 6.80. The van der Waals surface area contributed by atoms with Crippen molar-refractivity contribution in [3.8, 4) is 0 Å². The average Bonchev–Trinajstić information content (AvgIpc) is 3.01. The van der Waals surface area contributed by atoms with E-state index in [9.17, 15) is 4.79 Å². The Bertz CT molecular complexity index is 524. The number of nitrogens with one attached hydrogen (secondary N) is 1. The quantitative estimate of drug-likeness (QED) is 0.861. The Hall–Kier alpha value is -0.850. The smallest absolute Gasteiger partial charge is 0.317 e. The van der Waals surface area contributed by atoms with Crippen LogP contribution in [0, 0.1) is 0 Å². The van der Waals surface area contributed by atoms with Crippen LogP contribution >= 0.6 is 38.6 Å². The van der Waals surface area contributed by atoms with Gasteiger partial charge in [-0.2, -0.15) is 0 Å². The Balaban J connectivity index is 1.73. The zero-order chi connectivity index (χ0) is 13.7. The van der Waals surface area contributed by atoms with Gasteiger partial charge in [0.25, 0.3) is 0 Å². The number of amides is 2. The maximum absolute atomic E-state index is 11.9. The fraction of sp³-hybridized carbons (Fsp3) is 0.308. The second-order valence-corrected chi connectivity index (χ2v) is 7.70. The molecule has 1 N–H and O–H groups in total. The van der Waals surface area contributed by atoms with Gasteiger partial charge in [0, 0.05) is 23.3 Å². The first kappa shape index (κ1) is 14.6. The molecule has 0 aliphatic heterocycles. The van der Waals surface area contributed by atoms with Gasteiger partial charge in [0.2, 0.25) is 0 Å². The van der Waals surface area contributed by atoms with Crippen LogP contribution in [-0.2, 0) is 13.0 Å². The van der Waals surface area contributed by atoms with Gasteiger partial charge >= 0.3 is 6.03 Å². The van der Waals surface area contributed by atoms with E-state index in [0.29, 0.717) is 13.1 Å². The largest absolute Gasteiger partial charge is 0.338 e. The van der Waals surface area contributed by atoms with Gasteiger partial charge in [0.15, 0.2) is 0 Å². The lowest BCUT2D eigenvalue weighted by Crippen LogP contribution is -2.37. The van der Waals surface area contributed by atoms with Gasteiger partial charge in [-0.1, -0.05) is 6.07 Å². The molecule has 2 amide bonds. The summed E-state index contributed by atoms with van der Waals surface area (Å²) in [4.78, 5) is 16.1. The number of carbonyl (C=O) groups excluding carboxylic acids is 1. The predicted octanol–water partition coefficient (Wildman–Crippen LogP) is 3.96. The summed E-state index contributed by atoms with van der Waals surface area (Å²) in [6, 6.07) is 8.13. The van der Waals surface area contributed by atoms with E-state index in [1.54, 1.807) is 27.6 Å². The number of thiophene rings is 2. The molecule has 102 valence electrons. The second kappa shape index (κ2) is 7.07. The molecule has 0 spiro atoms. The lowest BCUT2D eigenvalue weighted by Gasteiger charge is -2.16. The summed E-state index contributed by atoms with van der Waals surface area (Å²) in [7, 11) is 1.81. The van der Waals surface area contributed by atoms with E-state index in [2.05, 4.69) is 32.7 Å². The normalized spacial score (nSPS) is 10.4. The molecule has 0 unspecified atom stereocenters. The van der Waals surface area contributed by atoms with Crippen LogP contribution in [0.3, 0.4) is 0 Å². The number of hydrogen-bond donors (Lipinski definition) is 1. The Morgan fingerprint density at radius 1 is 1.37 bits per heavy atom. The minimum atomic E-state index is -0.0268. The number of rotatable bonds is 5. The summed E-state index contributed by atoms with van der Waals surface area (Å²) in [5.74, 6) is 0. The molecular formula is C13H15BrN2OS2. The molecule has 19 heavy (non-hydrogen) atoms. The highest BCUT2D eigenvalue weighted by Crippen LogP contribution is 2.22. The molecule has 2 aromatic heterocycles. The standard InChI is InChI=1S/C13H15BrN2OS2/c1-16(9-11-4-5-12(14)19-11)13(17)15-7-6-10-3-2-8-18-10/h2-5,8H,6-7,9H2,1H3,(H,15,17). The zero-order valence-corrected chi connectivity index (χ0v) is 13.8. The van der Waals surface area contributed by atoms with Crippen molar-refractivity contribution >= 4 is 44.6 Å². The SMILES string of the molecule is CN(Cc1ccc(Br)s1)C(=O)NCCc1cccs1. The van der Waals surface area contributed by atoms with Gasteiger partial charge in [-0.25, -0.2) is 4.79 Å². The van der Waals surface area contributed by atoms with Gasteiger partial charge < -0.3 is 10.2 Å². The van der Waals surface area contributed by atoms with Gasteiger partial charge in [-0.15, -0.1) is 22.7 Å². The van der Waals surface area contributed by atoms with E-state index < -0.39 is 0 Å². The maximum atomic E-state index is 11.9. The average molecular weight is 359 g/mol. The summed E-state index contributed by atoms with van der Waals surface area (Å²) in [5, 5.41) is 4.99.